The highest BCUT2D eigenvalue weighted by Gasteiger charge is 2.14. The van der Waals surface area contributed by atoms with E-state index in [1.807, 2.05) is 0 Å². The summed E-state index contributed by atoms with van der Waals surface area (Å²) in [5.41, 5.74) is 2.95. The number of sulfonamides is 1. The maximum atomic E-state index is 11.3. The van der Waals surface area contributed by atoms with Gasteiger partial charge in [-0.1, -0.05) is 30.7 Å². The second-order valence-electron chi connectivity index (χ2n) is 5.65. The van der Waals surface area contributed by atoms with E-state index in [-0.39, 0.29) is 5.75 Å². The fraction of sp³-hybridized carbons (Fsp3) is 0.625. The second kappa shape index (κ2) is 7.92. The van der Waals surface area contributed by atoms with Crippen LogP contribution in [0.25, 0.3) is 0 Å². The zero-order chi connectivity index (χ0) is 15.1. The van der Waals surface area contributed by atoms with Crippen molar-refractivity contribution in [3.05, 3.63) is 35.4 Å². The molecule has 0 unspecified atom stereocenters. The Morgan fingerprint density at radius 3 is 2.67 bits per heavy atom. The normalized spacial score (nSPS) is 15.9. The molecule has 5 heteroatoms. The predicted octanol–water partition coefficient (Wildman–Crippen LogP) is 2.15. The van der Waals surface area contributed by atoms with Crippen LogP contribution in [-0.4, -0.2) is 38.7 Å². The van der Waals surface area contributed by atoms with E-state index in [1.54, 1.807) is 6.92 Å². The van der Waals surface area contributed by atoms with Crippen LogP contribution >= 0.6 is 0 Å². The fourth-order valence-electron chi connectivity index (χ4n) is 2.71. The van der Waals surface area contributed by atoms with Crippen molar-refractivity contribution in [2.45, 2.75) is 39.2 Å². The molecular weight excluding hydrogens is 284 g/mol. The molecular formula is C16H26N2O2S. The van der Waals surface area contributed by atoms with Gasteiger partial charge in [0.2, 0.25) is 10.0 Å². The molecule has 0 bridgehead atoms. The Hall–Kier alpha value is -0.910. The van der Waals surface area contributed by atoms with Crippen LogP contribution in [0.5, 0.6) is 0 Å². The molecule has 0 fully saturated rings. The molecule has 118 valence electrons. The van der Waals surface area contributed by atoms with Crippen molar-refractivity contribution in [1.29, 1.82) is 0 Å². The Labute approximate surface area is 128 Å². The topological polar surface area (TPSA) is 49.4 Å². The summed E-state index contributed by atoms with van der Waals surface area (Å²) in [5.74, 6) is 0.167. The molecule has 4 nitrogen and oxygen atoms in total. The van der Waals surface area contributed by atoms with Crippen molar-refractivity contribution < 1.29 is 8.42 Å². The summed E-state index contributed by atoms with van der Waals surface area (Å²) in [7, 11) is -3.02. The first-order valence-electron chi connectivity index (χ1n) is 7.87. The minimum absolute atomic E-state index is 0.167. The van der Waals surface area contributed by atoms with Gasteiger partial charge in [0.15, 0.2) is 0 Å². The lowest BCUT2D eigenvalue weighted by atomic mass is 10.00. The first-order chi connectivity index (χ1) is 10.1. The highest BCUT2D eigenvalue weighted by molar-refractivity contribution is 7.89. The Morgan fingerprint density at radius 2 is 1.90 bits per heavy atom. The molecule has 21 heavy (non-hydrogen) atoms. The van der Waals surface area contributed by atoms with Crippen molar-refractivity contribution in [3.63, 3.8) is 0 Å². The number of unbranched alkanes of at least 4 members (excludes halogenated alkanes) is 2. The van der Waals surface area contributed by atoms with Gasteiger partial charge in [0, 0.05) is 19.6 Å². The molecule has 0 aromatic heterocycles. The van der Waals surface area contributed by atoms with Crippen LogP contribution in [-0.2, 0) is 23.0 Å². The minimum atomic E-state index is -3.02. The summed E-state index contributed by atoms with van der Waals surface area (Å²) < 4.78 is 25.2. The average Bonchev–Trinajstić information content (AvgIpc) is 2.50. The van der Waals surface area contributed by atoms with Gasteiger partial charge in [0.25, 0.3) is 0 Å². The largest absolute Gasteiger partial charge is 0.299 e. The highest BCUT2D eigenvalue weighted by Crippen LogP contribution is 2.18. The Balaban J connectivity index is 1.60. The van der Waals surface area contributed by atoms with E-state index in [9.17, 15) is 8.42 Å². The lowest BCUT2D eigenvalue weighted by Crippen LogP contribution is -2.31. The van der Waals surface area contributed by atoms with Crippen molar-refractivity contribution in [2.24, 2.45) is 0 Å². The van der Waals surface area contributed by atoms with Crippen molar-refractivity contribution in [2.75, 3.05) is 25.4 Å². The quantitative estimate of drug-likeness (QED) is 0.749. The van der Waals surface area contributed by atoms with Gasteiger partial charge in [-0.3, -0.25) is 4.90 Å². The second-order valence-corrected chi connectivity index (χ2v) is 7.75. The van der Waals surface area contributed by atoms with Crippen LogP contribution in [0, 0.1) is 0 Å². The van der Waals surface area contributed by atoms with Gasteiger partial charge < -0.3 is 0 Å². The molecule has 1 aromatic rings. The van der Waals surface area contributed by atoms with Crippen LogP contribution in [0.2, 0.25) is 0 Å². The van der Waals surface area contributed by atoms with Gasteiger partial charge in [-0.2, -0.15) is 0 Å². The molecule has 0 amide bonds. The summed E-state index contributed by atoms with van der Waals surface area (Å²) in [5, 5.41) is 0. The number of fused-ring (bicyclic) bond motifs is 1. The van der Waals surface area contributed by atoms with E-state index in [4.69, 9.17) is 0 Å². The number of rotatable bonds is 8. The van der Waals surface area contributed by atoms with Gasteiger partial charge in [-0.15, -0.1) is 0 Å². The maximum absolute atomic E-state index is 11.3. The number of hydrogen-bond acceptors (Lipinski definition) is 3. The molecule has 0 radical (unpaired) electrons. The smallest absolute Gasteiger partial charge is 0.211 e. The molecule has 0 atom stereocenters. The standard InChI is InChI=1S/C16H26N2O2S/c1-2-21(19,20)17-11-6-3-7-12-18-13-10-15-8-4-5-9-16(15)14-18/h4-5,8-9,17H,2-3,6-7,10-14H2,1H3. The Kier molecular flexibility index (Phi) is 6.21. The van der Waals surface area contributed by atoms with Gasteiger partial charge in [0.1, 0.15) is 0 Å². The molecule has 0 aliphatic carbocycles. The van der Waals surface area contributed by atoms with Crippen LogP contribution in [0.4, 0.5) is 0 Å². The Bertz CT molecular complexity index is 543. The zero-order valence-electron chi connectivity index (χ0n) is 12.8. The minimum Gasteiger partial charge on any atom is -0.299 e. The third-order valence-electron chi connectivity index (χ3n) is 4.06. The zero-order valence-corrected chi connectivity index (χ0v) is 13.7. The SMILES string of the molecule is CCS(=O)(=O)NCCCCCN1CCc2ccccc2C1. The fourth-order valence-corrected chi connectivity index (χ4v) is 3.37. The Morgan fingerprint density at radius 1 is 1.14 bits per heavy atom. The summed E-state index contributed by atoms with van der Waals surface area (Å²) in [6, 6.07) is 8.68. The molecule has 0 saturated heterocycles. The van der Waals surface area contributed by atoms with Crippen molar-refractivity contribution >= 4 is 10.0 Å². The van der Waals surface area contributed by atoms with Crippen LogP contribution in [0.15, 0.2) is 24.3 Å². The van der Waals surface area contributed by atoms with E-state index < -0.39 is 10.0 Å². The van der Waals surface area contributed by atoms with Crippen LogP contribution in [0.3, 0.4) is 0 Å². The van der Waals surface area contributed by atoms with Gasteiger partial charge >= 0.3 is 0 Å². The van der Waals surface area contributed by atoms with E-state index in [2.05, 4.69) is 33.9 Å². The first kappa shape index (κ1) is 16.5. The van der Waals surface area contributed by atoms with E-state index in [1.165, 1.54) is 11.1 Å². The van der Waals surface area contributed by atoms with Crippen LogP contribution in [0.1, 0.15) is 37.3 Å². The molecule has 1 N–H and O–H groups in total. The molecule has 2 rings (SSSR count). The monoisotopic (exact) mass is 310 g/mol. The van der Waals surface area contributed by atoms with Crippen molar-refractivity contribution in [1.82, 2.24) is 9.62 Å². The lowest BCUT2D eigenvalue weighted by molar-refractivity contribution is 0.248. The highest BCUT2D eigenvalue weighted by atomic mass is 32.2. The molecule has 1 aliphatic rings. The third kappa shape index (κ3) is 5.41. The third-order valence-corrected chi connectivity index (χ3v) is 5.47. The number of nitrogens with zero attached hydrogens (tertiary/aromatic N) is 1. The first-order valence-corrected chi connectivity index (χ1v) is 9.52. The summed E-state index contributed by atoms with van der Waals surface area (Å²) >= 11 is 0. The maximum Gasteiger partial charge on any atom is 0.211 e. The summed E-state index contributed by atoms with van der Waals surface area (Å²) in [4.78, 5) is 2.50. The van der Waals surface area contributed by atoms with Crippen LogP contribution < -0.4 is 4.72 Å². The number of nitrogens with one attached hydrogen (secondary N) is 1. The molecule has 1 aliphatic heterocycles. The summed E-state index contributed by atoms with van der Waals surface area (Å²) in [6.07, 6.45) is 4.27. The van der Waals surface area contributed by atoms with Gasteiger partial charge in [0.05, 0.1) is 5.75 Å². The van der Waals surface area contributed by atoms with Crippen molar-refractivity contribution in [3.8, 4) is 0 Å². The molecule has 0 spiro atoms. The van der Waals surface area contributed by atoms with E-state index in [0.717, 1.165) is 45.3 Å². The number of hydrogen-bond donors (Lipinski definition) is 1. The molecule has 1 heterocycles. The van der Waals surface area contributed by atoms with Gasteiger partial charge in [-0.05, 0) is 43.9 Å². The molecule has 1 aromatic carbocycles. The lowest BCUT2D eigenvalue weighted by Gasteiger charge is -2.28. The van der Waals surface area contributed by atoms with E-state index >= 15 is 0 Å². The van der Waals surface area contributed by atoms with E-state index in [0.29, 0.717) is 6.54 Å². The molecule has 0 saturated carbocycles. The van der Waals surface area contributed by atoms with Gasteiger partial charge in [-0.25, -0.2) is 13.1 Å². The summed E-state index contributed by atoms with van der Waals surface area (Å²) in [6.45, 7) is 5.53. The number of benzene rings is 1. The predicted molar refractivity (Wildman–Crippen MR) is 86.7 cm³/mol. The average molecular weight is 310 g/mol.